The van der Waals surface area contributed by atoms with Gasteiger partial charge in [-0.1, -0.05) is 0 Å². The predicted octanol–water partition coefficient (Wildman–Crippen LogP) is 1.44. The minimum Gasteiger partial charge on any atom is -0.368 e. The molecule has 3 N–H and O–H groups in total. The van der Waals surface area contributed by atoms with E-state index in [2.05, 4.69) is 36.3 Å². The van der Waals surface area contributed by atoms with Gasteiger partial charge in [-0.15, -0.1) is 0 Å². The van der Waals surface area contributed by atoms with Crippen LogP contribution >= 0.6 is 15.9 Å². The molecule has 2 aromatic heterocycles. The summed E-state index contributed by atoms with van der Waals surface area (Å²) in [5, 5.41) is 7.37. The van der Waals surface area contributed by atoms with E-state index in [1.54, 1.807) is 6.20 Å². The summed E-state index contributed by atoms with van der Waals surface area (Å²) in [6, 6.07) is 0. The van der Waals surface area contributed by atoms with Crippen molar-refractivity contribution in [2.24, 2.45) is 0 Å². The van der Waals surface area contributed by atoms with Gasteiger partial charge in [-0.05, 0) is 28.4 Å². The molecule has 0 unspecified atom stereocenters. The fourth-order valence-corrected chi connectivity index (χ4v) is 1.71. The number of halogens is 1. The van der Waals surface area contributed by atoms with Crippen LogP contribution < -0.4 is 11.1 Å². The van der Waals surface area contributed by atoms with E-state index in [0.29, 0.717) is 5.82 Å². The molecule has 2 aromatic rings. The van der Waals surface area contributed by atoms with Crippen molar-refractivity contribution < 1.29 is 0 Å². The maximum atomic E-state index is 5.51. The van der Waals surface area contributed by atoms with Gasteiger partial charge in [0.15, 0.2) is 0 Å². The van der Waals surface area contributed by atoms with Gasteiger partial charge in [0, 0.05) is 18.9 Å². The van der Waals surface area contributed by atoms with Gasteiger partial charge in [0.2, 0.25) is 5.95 Å². The minimum absolute atomic E-state index is 0.255. The van der Waals surface area contributed by atoms with Crippen LogP contribution in [0.5, 0.6) is 0 Å². The summed E-state index contributed by atoms with van der Waals surface area (Å²) in [7, 11) is 0. The van der Waals surface area contributed by atoms with Gasteiger partial charge in [0.05, 0.1) is 17.2 Å². The van der Waals surface area contributed by atoms with Crippen LogP contribution in [-0.4, -0.2) is 26.3 Å². The Bertz CT molecular complexity index is 509. The van der Waals surface area contributed by atoms with Gasteiger partial charge in [0.1, 0.15) is 5.82 Å². The number of rotatable bonds is 4. The van der Waals surface area contributed by atoms with Crippen molar-refractivity contribution in [1.29, 1.82) is 0 Å². The van der Waals surface area contributed by atoms with Crippen molar-refractivity contribution in [3.63, 3.8) is 0 Å². The smallest absolute Gasteiger partial charge is 0.221 e. The lowest BCUT2D eigenvalue weighted by atomic mass is 10.4. The molecule has 0 saturated carbocycles. The molecular formula is C10H13BrN6. The maximum absolute atomic E-state index is 5.51. The lowest BCUT2D eigenvalue weighted by Gasteiger charge is -2.07. The van der Waals surface area contributed by atoms with Crippen molar-refractivity contribution in [2.45, 2.75) is 13.5 Å². The Morgan fingerprint density at radius 3 is 3.00 bits per heavy atom. The number of aryl methyl sites for hydroxylation is 1. The Labute approximate surface area is 107 Å². The van der Waals surface area contributed by atoms with Gasteiger partial charge < -0.3 is 11.1 Å². The van der Waals surface area contributed by atoms with Crippen LogP contribution in [-0.2, 0) is 6.54 Å². The Balaban J connectivity index is 1.91. The number of nitrogens with one attached hydrogen (secondary N) is 1. The third kappa shape index (κ3) is 3.16. The molecule has 0 amide bonds. The molecule has 17 heavy (non-hydrogen) atoms. The Kier molecular flexibility index (Phi) is 3.58. The molecule has 0 aromatic carbocycles. The third-order valence-corrected chi connectivity index (χ3v) is 2.74. The van der Waals surface area contributed by atoms with Crippen LogP contribution in [0.25, 0.3) is 0 Å². The Morgan fingerprint density at radius 1 is 1.47 bits per heavy atom. The standard InChI is InChI=1S/C10H13BrN6/c1-7-4-15-17(6-7)3-2-13-9-8(11)5-14-10(12)16-9/h4-6H,2-3H2,1H3,(H3,12,13,14,16). The first kappa shape index (κ1) is 11.8. The number of nitrogens with two attached hydrogens (primary N) is 1. The Morgan fingerprint density at radius 2 is 2.29 bits per heavy atom. The molecular weight excluding hydrogens is 284 g/mol. The summed E-state index contributed by atoms with van der Waals surface area (Å²) in [5.74, 6) is 0.951. The molecule has 0 atom stereocenters. The SMILES string of the molecule is Cc1cnn(CCNc2nc(N)ncc2Br)c1. The van der Waals surface area contributed by atoms with E-state index < -0.39 is 0 Å². The molecule has 7 heteroatoms. The average molecular weight is 297 g/mol. The van der Waals surface area contributed by atoms with E-state index in [4.69, 9.17) is 5.73 Å². The highest BCUT2D eigenvalue weighted by Gasteiger charge is 2.02. The van der Waals surface area contributed by atoms with Crippen molar-refractivity contribution in [1.82, 2.24) is 19.7 Å². The molecule has 0 bridgehead atoms. The lowest BCUT2D eigenvalue weighted by molar-refractivity contribution is 0.636. The first-order valence-electron chi connectivity index (χ1n) is 5.16. The highest BCUT2D eigenvalue weighted by atomic mass is 79.9. The van der Waals surface area contributed by atoms with Crippen molar-refractivity contribution in [2.75, 3.05) is 17.6 Å². The van der Waals surface area contributed by atoms with Crippen LogP contribution in [0.1, 0.15) is 5.56 Å². The second-order valence-electron chi connectivity index (χ2n) is 3.63. The van der Waals surface area contributed by atoms with Gasteiger partial charge in [0.25, 0.3) is 0 Å². The highest BCUT2D eigenvalue weighted by molar-refractivity contribution is 9.10. The summed E-state index contributed by atoms with van der Waals surface area (Å²) in [5.41, 5.74) is 6.66. The second-order valence-corrected chi connectivity index (χ2v) is 4.49. The van der Waals surface area contributed by atoms with Crippen LogP contribution in [0.2, 0.25) is 0 Å². The molecule has 0 aliphatic rings. The van der Waals surface area contributed by atoms with Gasteiger partial charge in [-0.3, -0.25) is 4.68 Å². The minimum atomic E-state index is 0.255. The molecule has 0 aliphatic heterocycles. The van der Waals surface area contributed by atoms with Crippen LogP contribution in [0.15, 0.2) is 23.1 Å². The summed E-state index contributed by atoms with van der Waals surface area (Å²) in [4.78, 5) is 7.96. The normalized spacial score (nSPS) is 10.5. The molecule has 2 heterocycles. The lowest BCUT2D eigenvalue weighted by Crippen LogP contribution is -2.12. The largest absolute Gasteiger partial charge is 0.368 e. The van der Waals surface area contributed by atoms with Gasteiger partial charge in [-0.25, -0.2) is 4.98 Å². The predicted molar refractivity (Wildman–Crippen MR) is 69.6 cm³/mol. The monoisotopic (exact) mass is 296 g/mol. The molecule has 0 saturated heterocycles. The molecule has 0 radical (unpaired) electrons. The van der Waals surface area contributed by atoms with E-state index in [-0.39, 0.29) is 5.95 Å². The fraction of sp³-hybridized carbons (Fsp3) is 0.300. The number of hydrogen-bond acceptors (Lipinski definition) is 5. The first-order valence-corrected chi connectivity index (χ1v) is 5.95. The zero-order valence-electron chi connectivity index (χ0n) is 9.39. The van der Waals surface area contributed by atoms with Crippen molar-refractivity contribution in [3.8, 4) is 0 Å². The summed E-state index contributed by atoms with van der Waals surface area (Å²) >= 11 is 3.36. The van der Waals surface area contributed by atoms with E-state index in [1.807, 2.05) is 24.0 Å². The van der Waals surface area contributed by atoms with Crippen LogP contribution in [0.4, 0.5) is 11.8 Å². The molecule has 6 nitrogen and oxygen atoms in total. The number of nitrogens with zero attached hydrogens (tertiary/aromatic N) is 4. The van der Waals surface area contributed by atoms with Crippen LogP contribution in [0, 0.1) is 6.92 Å². The maximum Gasteiger partial charge on any atom is 0.221 e. The zero-order chi connectivity index (χ0) is 12.3. The topological polar surface area (TPSA) is 81.7 Å². The molecule has 0 fully saturated rings. The van der Waals surface area contributed by atoms with Gasteiger partial charge in [-0.2, -0.15) is 10.1 Å². The quantitative estimate of drug-likeness (QED) is 0.892. The molecule has 0 spiro atoms. The summed E-state index contributed by atoms with van der Waals surface area (Å²) in [6.07, 6.45) is 5.45. The number of aromatic nitrogens is 4. The van der Waals surface area contributed by atoms with Crippen molar-refractivity contribution in [3.05, 3.63) is 28.6 Å². The summed E-state index contributed by atoms with van der Waals surface area (Å²) in [6.45, 7) is 3.50. The van der Waals surface area contributed by atoms with E-state index in [9.17, 15) is 0 Å². The van der Waals surface area contributed by atoms with Crippen LogP contribution in [0.3, 0.4) is 0 Å². The zero-order valence-corrected chi connectivity index (χ0v) is 11.0. The van der Waals surface area contributed by atoms with E-state index >= 15 is 0 Å². The van der Waals surface area contributed by atoms with Gasteiger partial charge >= 0.3 is 0 Å². The van der Waals surface area contributed by atoms with E-state index in [1.165, 1.54) is 0 Å². The Hall–Kier alpha value is -1.63. The second kappa shape index (κ2) is 5.13. The number of hydrogen-bond donors (Lipinski definition) is 2. The molecule has 0 aliphatic carbocycles. The number of nitrogen functional groups attached to an aromatic ring is 1. The highest BCUT2D eigenvalue weighted by Crippen LogP contribution is 2.18. The van der Waals surface area contributed by atoms with E-state index in [0.717, 1.165) is 23.1 Å². The van der Waals surface area contributed by atoms with Crippen molar-refractivity contribution >= 4 is 27.7 Å². The first-order chi connectivity index (χ1) is 8.15. The summed E-state index contributed by atoms with van der Waals surface area (Å²) < 4.78 is 2.67. The molecule has 2 rings (SSSR count). The number of anilines is 2. The molecule has 90 valence electrons. The fourth-order valence-electron chi connectivity index (χ4n) is 1.38. The average Bonchev–Trinajstić information content (AvgIpc) is 2.69. The third-order valence-electron chi connectivity index (χ3n) is 2.16.